The van der Waals surface area contributed by atoms with Gasteiger partial charge in [0.05, 0.1) is 0 Å². The molecule has 110 valence electrons. The fraction of sp³-hybridized carbons (Fsp3) is 0.118. The quantitative estimate of drug-likeness (QED) is 0.802. The summed E-state index contributed by atoms with van der Waals surface area (Å²) in [4.78, 5) is 28.8. The van der Waals surface area contributed by atoms with Crippen LogP contribution in [0.1, 0.15) is 21.5 Å². The highest BCUT2D eigenvalue weighted by molar-refractivity contribution is 5.93. The first-order valence-corrected chi connectivity index (χ1v) is 6.95. The molecule has 2 aromatic heterocycles. The summed E-state index contributed by atoms with van der Waals surface area (Å²) in [6.45, 7) is 2.25. The monoisotopic (exact) mass is 293 g/mol. The maximum absolute atomic E-state index is 12.4. The molecule has 0 saturated carbocycles. The number of rotatable bonds is 3. The molecule has 3 rings (SSSR count). The number of nitrogens with zero attached hydrogens (tertiary/aromatic N) is 2. The van der Waals surface area contributed by atoms with Gasteiger partial charge >= 0.3 is 0 Å². The minimum absolute atomic E-state index is 0.0408. The molecule has 0 aliphatic heterocycles. The Hall–Kier alpha value is -2.95. The van der Waals surface area contributed by atoms with Gasteiger partial charge in [0.2, 0.25) is 0 Å². The summed E-state index contributed by atoms with van der Waals surface area (Å²) < 4.78 is 1.40. The van der Waals surface area contributed by atoms with Crippen LogP contribution in [0.2, 0.25) is 0 Å². The highest BCUT2D eigenvalue weighted by Crippen LogP contribution is 2.02. The molecule has 0 radical (unpaired) electrons. The van der Waals surface area contributed by atoms with E-state index in [1.165, 1.54) is 10.6 Å². The molecule has 1 aromatic carbocycles. The van der Waals surface area contributed by atoms with Gasteiger partial charge in [-0.3, -0.25) is 14.0 Å². The highest BCUT2D eigenvalue weighted by atomic mass is 16.2. The summed E-state index contributed by atoms with van der Waals surface area (Å²) in [5, 5.41) is 2.74. The lowest BCUT2D eigenvalue weighted by Crippen LogP contribution is -2.31. The Balaban J connectivity index is 1.88. The third-order valence-corrected chi connectivity index (χ3v) is 3.39. The van der Waals surface area contributed by atoms with Crippen molar-refractivity contribution in [2.24, 2.45) is 0 Å². The Morgan fingerprint density at radius 3 is 2.73 bits per heavy atom. The van der Waals surface area contributed by atoms with Crippen LogP contribution in [0.25, 0.3) is 5.65 Å². The van der Waals surface area contributed by atoms with E-state index in [4.69, 9.17) is 0 Å². The number of hydrogen-bond acceptors (Lipinski definition) is 3. The van der Waals surface area contributed by atoms with Crippen LogP contribution in [-0.4, -0.2) is 15.3 Å². The lowest BCUT2D eigenvalue weighted by atomic mass is 10.2. The van der Waals surface area contributed by atoms with Crippen LogP contribution in [-0.2, 0) is 6.54 Å². The van der Waals surface area contributed by atoms with E-state index in [-0.39, 0.29) is 11.1 Å². The zero-order chi connectivity index (χ0) is 15.5. The van der Waals surface area contributed by atoms with Crippen molar-refractivity contribution in [3.8, 4) is 0 Å². The number of carbonyl (C=O) groups is 1. The van der Waals surface area contributed by atoms with E-state index in [0.29, 0.717) is 12.2 Å². The molecule has 0 spiro atoms. The van der Waals surface area contributed by atoms with Crippen LogP contribution < -0.4 is 10.9 Å². The second-order valence-electron chi connectivity index (χ2n) is 5.08. The number of amides is 1. The zero-order valence-electron chi connectivity index (χ0n) is 12.1. The predicted octanol–water partition coefficient (Wildman–Crippen LogP) is 1.93. The average Bonchev–Trinajstić information content (AvgIpc) is 2.54. The van der Waals surface area contributed by atoms with Crippen LogP contribution in [0.5, 0.6) is 0 Å². The molecule has 0 unspecified atom stereocenters. The van der Waals surface area contributed by atoms with Gasteiger partial charge in [-0.25, -0.2) is 4.98 Å². The molecular weight excluding hydrogens is 278 g/mol. The van der Waals surface area contributed by atoms with Crippen molar-refractivity contribution in [3.63, 3.8) is 0 Å². The maximum atomic E-state index is 12.4. The highest BCUT2D eigenvalue weighted by Gasteiger charge is 2.12. The summed E-state index contributed by atoms with van der Waals surface area (Å²) in [5.74, 6) is -0.419. The van der Waals surface area contributed by atoms with Crippen molar-refractivity contribution in [2.75, 3.05) is 0 Å². The second-order valence-corrected chi connectivity index (χ2v) is 5.08. The van der Waals surface area contributed by atoms with Gasteiger partial charge in [-0.2, -0.15) is 0 Å². The first-order valence-electron chi connectivity index (χ1n) is 6.95. The summed E-state index contributed by atoms with van der Waals surface area (Å²) >= 11 is 0. The van der Waals surface area contributed by atoms with E-state index in [1.807, 2.05) is 43.3 Å². The molecule has 0 saturated heterocycles. The van der Waals surface area contributed by atoms with Crippen LogP contribution in [0.15, 0.2) is 59.7 Å². The normalized spacial score (nSPS) is 10.6. The van der Waals surface area contributed by atoms with Gasteiger partial charge in [0.25, 0.3) is 11.5 Å². The van der Waals surface area contributed by atoms with Crippen LogP contribution in [0, 0.1) is 6.92 Å². The molecule has 0 fully saturated rings. The van der Waals surface area contributed by atoms with E-state index >= 15 is 0 Å². The van der Waals surface area contributed by atoms with Crippen molar-refractivity contribution in [1.29, 1.82) is 0 Å². The molecule has 0 aliphatic rings. The number of aromatic nitrogens is 2. The molecule has 3 aromatic rings. The van der Waals surface area contributed by atoms with E-state index in [1.54, 1.807) is 12.3 Å². The SMILES string of the molecule is Cc1ccc2ncc(C(=O)NCc3ccccc3)c(=O)n2c1. The third kappa shape index (κ3) is 2.74. The molecule has 1 N–H and O–H groups in total. The van der Waals surface area contributed by atoms with Crippen molar-refractivity contribution in [3.05, 3.63) is 81.9 Å². The lowest BCUT2D eigenvalue weighted by molar-refractivity contribution is 0.0949. The number of pyridine rings is 1. The van der Waals surface area contributed by atoms with Crippen molar-refractivity contribution in [1.82, 2.24) is 14.7 Å². The maximum Gasteiger partial charge on any atom is 0.270 e. The van der Waals surface area contributed by atoms with Gasteiger partial charge in [0, 0.05) is 18.9 Å². The molecule has 22 heavy (non-hydrogen) atoms. The van der Waals surface area contributed by atoms with Gasteiger partial charge < -0.3 is 5.32 Å². The van der Waals surface area contributed by atoms with Gasteiger partial charge in [-0.05, 0) is 24.1 Å². The third-order valence-electron chi connectivity index (χ3n) is 3.39. The predicted molar refractivity (Wildman–Crippen MR) is 83.8 cm³/mol. The van der Waals surface area contributed by atoms with Crippen LogP contribution in [0.4, 0.5) is 0 Å². The van der Waals surface area contributed by atoms with Crippen LogP contribution in [0.3, 0.4) is 0 Å². The first kappa shape index (κ1) is 14.0. The largest absolute Gasteiger partial charge is 0.348 e. The van der Waals surface area contributed by atoms with Crippen molar-refractivity contribution < 1.29 is 4.79 Å². The van der Waals surface area contributed by atoms with Gasteiger partial charge in [0.1, 0.15) is 11.2 Å². The zero-order valence-corrected chi connectivity index (χ0v) is 12.1. The summed E-state index contributed by atoms with van der Waals surface area (Å²) in [5.41, 5.74) is 2.10. The fourth-order valence-corrected chi connectivity index (χ4v) is 2.21. The number of aryl methyl sites for hydroxylation is 1. The smallest absolute Gasteiger partial charge is 0.270 e. The Kier molecular flexibility index (Phi) is 3.70. The fourth-order valence-electron chi connectivity index (χ4n) is 2.21. The van der Waals surface area contributed by atoms with Gasteiger partial charge in [-0.15, -0.1) is 0 Å². The van der Waals surface area contributed by atoms with E-state index in [0.717, 1.165) is 11.1 Å². The molecular formula is C17H15N3O2. The number of hydrogen-bond donors (Lipinski definition) is 1. The van der Waals surface area contributed by atoms with Crippen molar-refractivity contribution >= 4 is 11.6 Å². The topological polar surface area (TPSA) is 63.5 Å². The molecule has 0 aliphatic carbocycles. The van der Waals surface area contributed by atoms with Crippen LogP contribution >= 0.6 is 0 Å². The minimum atomic E-state index is -0.419. The number of carbonyl (C=O) groups excluding carboxylic acids is 1. The molecule has 1 amide bonds. The first-order chi connectivity index (χ1) is 10.6. The standard InChI is InChI=1S/C17H15N3O2/c1-12-7-8-15-18-10-14(17(22)20(15)11-12)16(21)19-9-13-5-3-2-4-6-13/h2-8,10-11H,9H2,1H3,(H,19,21). The Bertz CT molecular complexity index is 885. The summed E-state index contributed by atoms with van der Waals surface area (Å²) in [6.07, 6.45) is 3.01. The van der Waals surface area contributed by atoms with Crippen molar-refractivity contribution in [2.45, 2.75) is 13.5 Å². The number of fused-ring (bicyclic) bond motifs is 1. The van der Waals surface area contributed by atoms with Gasteiger partial charge in [0.15, 0.2) is 0 Å². The number of benzene rings is 1. The van der Waals surface area contributed by atoms with E-state index in [9.17, 15) is 9.59 Å². The summed E-state index contributed by atoms with van der Waals surface area (Å²) in [6, 6.07) is 13.2. The second kappa shape index (κ2) is 5.81. The number of nitrogens with one attached hydrogen (secondary N) is 1. The Morgan fingerprint density at radius 2 is 1.95 bits per heavy atom. The minimum Gasteiger partial charge on any atom is -0.348 e. The molecule has 2 heterocycles. The summed E-state index contributed by atoms with van der Waals surface area (Å²) in [7, 11) is 0. The Labute approximate surface area is 127 Å². The van der Waals surface area contributed by atoms with E-state index in [2.05, 4.69) is 10.3 Å². The Morgan fingerprint density at radius 1 is 1.18 bits per heavy atom. The molecule has 5 nitrogen and oxygen atoms in total. The molecule has 0 bridgehead atoms. The lowest BCUT2D eigenvalue weighted by Gasteiger charge is -2.06. The van der Waals surface area contributed by atoms with E-state index < -0.39 is 5.91 Å². The molecule has 0 atom stereocenters. The average molecular weight is 293 g/mol. The van der Waals surface area contributed by atoms with Gasteiger partial charge in [-0.1, -0.05) is 36.4 Å². The molecule has 5 heteroatoms.